The van der Waals surface area contributed by atoms with Crippen molar-refractivity contribution in [1.82, 2.24) is 5.01 Å². The number of carbonyl (C=O) groups excluding carboxylic acids is 1. The second-order valence-corrected chi connectivity index (χ2v) is 6.63. The third-order valence-corrected chi connectivity index (χ3v) is 3.98. The van der Waals surface area contributed by atoms with Gasteiger partial charge in [0, 0.05) is 5.41 Å². The van der Waals surface area contributed by atoms with Crippen LogP contribution in [-0.2, 0) is 4.79 Å². The number of nitrogens with two attached hydrogens (primary N) is 1. The third-order valence-electron chi connectivity index (χ3n) is 3.98. The Labute approximate surface area is 110 Å². The summed E-state index contributed by atoms with van der Waals surface area (Å²) in [6.07, 6.45) is 3.17. The molecule has 2 aliphatic rings. The van der Waals surface area contributed by atoms with Gasteiger partial charge in [0.15, 0.2) is 0 Å². The van der Waals surface area contributed by atoms with Crippen molar-refractivity contribution in [2.75, 3.05) is 6.54 Å². The second-order valence-electron chi connectivity index (χ2n) is 6.63. The first-order chi connectivity index (χ1) is 8.36. The van der Waals surface area contributed by atoms with Crippen LogP contribution in [0, 0.1) is 17.3 Å². The highest BCUT2D eigenvalue weighted by Crippen LogP contribution is 2.39. The molecule has 0 aromatic rings. The van der Waals surface area contributed by atoms with E-state index in [0.29, 0.717) is 18.9 Å². The predicted octanol–water partition coefficient (Wildman–Crippen LogP) is 1.99. The maximum Gasteiger partial charge on any atom is 0.251 e. The van der Waals surface area contributed by atoms with E-state index < -0.39 is 0 Å². The van der Waals surface area contributed by atoms with Crippen LogP contribution >= 0.6 is 0 Å². The lowest BCUT2D eigenvalue weighted by Crippen LogP contribution is -2.37. The van der Waals surface area contributed by atoms with Crippen LogP contribution in [-0.4, -0.2) is 29.2 Å². The zero-order valence-electron chi connectivity index (χ0n) is 11.9. The third kappa shape index (κ3) is 2.44. The monoisotopic (exact) mass is 251 g/mol. The van der Waals surface area contributed by atoms with E-state index in [-0.39, 0.29) is 23.3 Å². The Bertz CT molecular complexity index is 366. The highest BCUT2D eigenvalue weighted by Gasteiger charge is 2.44. The van der Waals surface area contributed by atoms with Crippen LogP contribution in [0.4, 0.5) is 0 Å². The summed E-state index contributed by atoms with van der Waals surface area (Å²) in [7, 11) is 0. The minimum absolute atomic E-state index is 0.0620. The molecular weight excluding hydrogens is 226 g/mol. The van der Waals surface area contributed by atoms with Gasteiger partial charge in [-0.1, -0.05) is 20.8 Å². The van der Waals surface area contributed by atoms with E-state index in [4.69, 9.17) is 5.73 Å². The van der Waals surface area contributed by atoms with Gasteiger partial charge in [0.05, 0.1) is 17.7 Å². The quantitative estimate of drug-likeness (QED) is 0.830. The fraction of sp³-hybridized carbons (Fsp3) is 0.857. The molecule has 1 aliphatic carbocycles. The van der Waals surface area contributed by atoms with Crippen LogP contribution in [0.2, 0.25) is 0 Å². The molecular formula is C14H25N3O. The maximum absolute atomic E-state index is 12.5. The van der Waals surface area contributed by atoms with Gasteiger partial charge in [-0.05, 0) is 38.6 Å². The van der Waals surface area contributed by atoms with Crippen molar-refractivity contribution in [3.05, 3.63) is 0 Å². The van der Waals surface area contributed by atoms with E-state index >= 15 is 0 Å². The molecule has 2 N–H and O–H groups in total. The lowest BCUT2D eigenvalue weighted by Gasteiger charge is -2.22. The van der Waals surface area contributed by atoms with E-state index in [1.165, 1.54) is 12.8 Å². The molecule has 2 atom stereocenters. The molecule has 2 unspecified atom stereocenters. The summed E-state index contributed by atoms with van der Waals surface area (Å²) in [4.78, 5) is 12.5. The Hall–Kier alpha value is -0.900. The zero-order chi connectivity index (χ0) is 13.5. The fourth-order valence-corrected chi connectivity index (χ4v) is 2.68. The van der Waals surface area contributed by atoms with Crippen molar-refractivity contribution in [2.45, 2.75) is 53.0 Å². The summed E-state index contributed by atoms with van der Waals surface area (Å²) in [6, 6.07) is 0.248. The standard InChI is InChI=1S/C14H25N3O/c1-9(10-5-6-10)17-13(18)11(7-8-15)12(16-17)14(2,3)4/h9-11H,5-8,15H2,1-4H3. The lowest BCUT2D eigenvalue weighted by atomic mass is 9.81. The van der Waals surface area contributed by atoms with E-state index in [1.807, 2.05) is 0 Å². The molecule has 1 fully saturated rings. The first-order valence-corrected chi connectivity index (χ1v) is 6.98. The number of hydrogen-bond donors (Lipinski definition) is 1. The first kappa shape index (κ1) is 13.5. The van der Waals surface area contributed by atoms with E-state index in [0.717, 1.165) is 5.71 Å². The first-order valence-electron chi connectivity index (χ1n) is 6.98. The minimum atomic E-state index is -0.101. The van der Waals surface area contributed by atoms with Gasteiger partial charge in [0.2, 0.25) is 0 Å². The average molecular weight is 251 g/mol. The van der Waals surface area contributed by atoms with Gasteiger partial charge in [-0.3, -0.25) is 4.79 Å². The van der Waals surface area contributed by atoms with Crippen LogP contribution in [0.15, 0.2) is 5.10 Å². The highest BCUT2D eigenvalue weighted by molar-refractivity contribution is 6.10. The Balaban J connectivity index is 2.23. The molecule has 1 amide bonds. The molecule has 0 spiro atoms. The number of hydrazone groups is 1. The highest BCUT2D eigenvalue weighted by atomic mass is 16.2. The van der Waals surface area contributed by atoms with Gasteiger partial charge in [-0.2, -0.15) is 5.10 Å². The summed E-state index contributed by atoms with van der Waals surface area (Å²) in [5.74, 6) is 0.705. The minimum Gasteiger partial charge on any atom is -0.330 e. The largest absolute Gasteiger partial charge is 0.330 e. The normalized spacial score (nSPS) is 26.5. The Kier molecular flexibility index (Phi) is 3.49. The van der Waals surface area contributed by atoms with Crippen LogP contribution in [0.5, 0.6) is 0 Å². The molecule has 1 aliphatic heterocycles. The van der Waals surface area contributed by atoms with Gasteiger partial charge in [0.1, 0.15) is 0 Å². The van der Waals surface area contributed by atoms with Crippen molar-refractivity contribution >= 4 is 11.6 Å². The maximum atomic E-state index is 12.5. The molecule has 4 nitrogen and oxygen atoms in total. The SMILES string of the molecule is CC(C1CC1)N1N=C(C(C)(C)C)C(CCN)C1=O. The number of hydrogen-bond acceptors (Lipinski definition) is 3. The number of amides is 1. The van der Waals surface area contributed by atoms with E-state index in [9.17, 15) is 4.79 Å². The van der Waals surface area contributed by atoms with Crippen molar-refractivity contribution < 1.29 is 4.79 Å². The van der Waals surface area contributed by atoms with E-state index in [2.05, 4.69) is 32.8 Å². The second kappa shape index (κ2) is 4.65. The van der Waals surface area contributed by atoms with Crippen molar-refractivity contribution in [3.63, 3.8) is 0 Å². The van der Waals surface area contributed by atoms with Gasteiger partial charge in [-0.25, -0.2) is 5.01 Å². The fourth-order valence-electron chi connectivity index (χ4n) is 2.68. The van der Waals surface area contributed by atoms with Crippen molar-refractivity contribution in [2.24, 2.45) is 28.1 Å². The van der Waals surface area contributed by atoms with Crippen LogP contribution < -0.4 is 5.73 Å². The molecule has 0 radical (unpaired) electrons. The van der Waals surface area contributed by atoms with Crippen molar-refractivity contribution in [3.8, 4) is 0 Å². The predicted molar refractivity (Wildman–Crippen MR) is 73.1 cm³/mol. The van der Waals surface area contributed by atoms with Crippen LogP contribution in [0.3, 0.4) is 0 Å². The summed E-state index contributed by atoms with van der Waals surface area (Å²) >= 11 is 0. The van der Waals surface area contributed by atoms with Gasteiger partial charge < -0.3 is 5.73 Å². The zero-order valence-corrected chi connectivity index (χ0v) is 11.9. The smallest absolute Gasteiger partial charge is 0.251 e. The number of nitrogens with zero attached hydrogens (tertiary/aromatic N) is 2. The van der Waals surface area contributed by atoms with Gasteiger partial charge >= 0.3 is 0 Å². The van der Waals surface area contributed by atoms with Gasteiger partial charge in [0.25, 0.3) is 5.91 Å². The number of carbonyl (C=O) groups is 1. The molecule has 2 rings (SSSR count). The Morgan fingerprint density at radius 3 is 2.50 bits per heavy atom. The molecule has 0 bridgehead atoms. The topological polar surface area (TPSA) is 58.7 Å². The molecule has 0 saturated heterocycles. The summed E-state index contributed by atoms with van der Waals surface area (Å²) in [5.41, 5.74) is 6.59. The molecule has 0 aromatic carbocycles. The summed E-state index contributed by atoms with van der Waals surface area (Å²) < 4.78 is 0. The average Bonchev–Trinajstić information content (AvgIpc) is 3.04. The van der Waals surface area contributed by atoms with Crippen LogP contribution in [0.1, 0.15) is 47.0 Å². The van der Waals surface area contributed by atoms with E-state index in [1.54, 1.807) is 5.01 Å². The lowest BCUT2D eigenvalue weighted by molar-refractivity contribution is -0.134. The molecule has 18 heavy (non-hydrogen) atoms. The van der Waals surface area contributed by atoms with Crippen LogP contribution in [0.25, 0.3) is 0 Å². The number of rotatable bonds is 4. The van der Waals surface area contributed by atoms with Gasteiger partial charge in [-0.15, -0.1) is 0 Å². The molecule has 1 saturated carbocycles. The summed E-state index contributed by atoms with van der Waals surface area (Å²) in [5, 5.41) is 6.38. The van der Waals surface area contributed by atoms with Crippen molar-refractivity contribution in [1.29, 1.82) is 0 Å². The molecule has 1 heterocycles. The Morgan fingerprint density at radius 1 is 1.44 bits per heavy atom. The molecule has 0 aromatic heterocycles. The molecule has 4 heteroatoms. The molecule has 102 valence electrons. The Morgan fingerprint density at radius 2 is 2.06 bits per heavy atom. The summed E-state index contributed by atoms with van der Waals surface area (Å²) in [6.45, 7) is 9.01.